The summed E-state index contributed by atoms with van der Waals surface area (Å²) in [4.78, 5) is 14.3. The first-order chi connectivity index (χ1) is 9.25. The van der Waals surface area contributed by atoms with Crippen molar-refractivity contribution in [3.8, 4) is 0 Å². The second-order valence-corrected chi connectivity index (χ2v) is 5.48. The van der Waals surface area contributed by atoms with Crippen LogP contribution in [0, 0.1) is 5.92 Å². The van der Waals surface area contributed by atoms with E-state index in [0.29, 0.717) is 0 Å². The molecule has 0 aliphatic carbocycles. The molecule has 3 nitrogen and oxygen atoms in total. The molecule has 1 N–H and O–H groups in total. The van der Waals surface area contributed by atoms with Crippen LogP contribution in [-0.4, -0.2) is 37.5 Å². The molecule has 1 fully saturated rings. The fraction of sp³-hybridized carbons (Fsp3) is 0.562. The number of piperidine rings is 1. The van der Waals surface area contributed by atoms with Gasteiger partial charge in [0.15, 0.2) is 0 Å². The number of hydrogen-bond acceptors (Lipinski definition) is 2. The van der Waals surface area contributed by atoms with Crippen LogP contribution in [0.4, 0.5) is 0 Å². The van der Waals surface area contributed by atoms with E-state index in [0.717, 1.165) is 45.3 Å². The summed E-state index contributed by atoms with van der Waals surface area (Å²) >= 11 is 0. The average Bonchev–Trinajstić information content (AvgIpc) is 2.44. The molecule has 1 atom stereocenters. The minimum atomic E-state index is 0.190. The predicted octanol–water partition coefficient (Wildman–Crippen LogP) is 2.08. The topological polar surface area (TPSA) is 32.3 Å². The first-order valence-electron chi connectivity index (χ1n) is 7.26. The second-order valence-electron chi connectivity index (χ2n) is 5.48. The lowest BCUT2D eigenvalue weighted by Crippen LogP contribution is -2.41. The van der Waals surface area contributed by atoms with Gasteiger partial charge in [0.25, 0.3) is 0 Å². The van der Waals surface area contributed by atoms with Gasteiger partial charge in [0, 0.05) is 13.1 Å². The summed E-state index contributed by atoms with van der Waals surface area (Å²) in [5.41, 5.74) is 1.34. The third kappa shape index (κ3) is 4.67. The first-order valence-corrected chi connectivity index (χ1v) is 7.26. The maximum absolute atomic E-state index is 12.0. The second kappa shape index (κ2) is 7.29. The number of aryl methyl sites for hydroxylation is 1. The van der Waals surface area contributed by atoms with E-state index in [4.69, 9.17) is 0 Å². The zero-order valence-electron chi connectivity index (χ0n) is 11.8. The summed E-state index contributed by atoms with van der Waals surface area (Å²) in [6.45, 7) is 2.82. The molecule has 1 aliphatic heterocycles. The molecule has 2 rings (SSSR count). The maximum Gasteiger partial charge on any atom is 0.224 e. The lowest BCUT2D eigenvalue weighted by atomic mass is 9.97. The van der Waals surface area contributed by atoms with E-state index < -0.39 is 0 Å². The summed E-state index contributed by atoms with van der Waals surface area (Å²) in [5, 5.41) is 3.08. The Balaban J connectivity index is 1.64. The molecule has 1 aromatic rings. The summed E-state index contributed by atoms with van der Waals surface area (Å²) in [7, 11) is 2.09. The lowest BCUT2D eigenvalue weighted by Gasteiger charge is -2.28. The van der Waals surface area contributed by atoms with Gasteiger partial charge in [-0.25, -0.2) is 0 Å². The van der Waals surface area contributed by atoms with Crippen LogP contribution in [0.25, 0.3) is 0 Å². The minimum Gasteiger partial charge on any atom is -0.356 e. The standard InChI is InChI=1S/C16H24N2O/c1-18-12-6-10-15(13-18)16(19)17-11-5-9-14-7-3-2-4-8-14/h2-4,7-8,15H,5-6,9-13H2,1H3,(H,17,19). The molecule has 104 valence electrons. The number of carbonyl (C=O) groups excluding carboxylic acids is 1. The largest absolute Gasteiger partial charge is 0.356 e. The van der Waals surface area contributed by atoms with Gasteiger partial charge in [0.05, 0.1) is 5.92 Å². The highest BCUT2D eigenvalue weighted by molar-refractivity contribution is 5.78. The summed E-state index contributed by atoms with van der Waals surface area (Å²) in [6, 6.07) is 10.4. The summed E-state index contributed by atoms with van der Waals surface area (Å²) in [5.74, 6) is 0.426. The Morgan fingerprint density at radius 2 is 2.16 bits per heavy atom. The number of nitrogens with zero attached hydrogens (tertiary/aromatic N) is 1. The zero-order chi connectivity index (χ0) is 13.5. The van der Waals surface area contributed by atoms with Crippen LogP contribution in [0.15, 0.2) is 30.3 Å². The van der Waals surface area contributed by atoms with E-state index in [2.05, 4.69) is 41.5 Å². The lowest BCUT2D eigenvalue weighted by molar-refractivity contribution is -0.126. The van der Waals surface area contributed by atoms with Crippen LogP contribution in [0.1, 0.15) is 24.8 Å². The van der Waals surface area contributed by atoms with Crippen LogP contribution in [0.3, 0.4) is 0 Å². The van der Waals surface area contributed by atoms with Crippen LogP contribution in [-0.2, 0) is 11.2 Å². The molecule has 1 heterocycles. The van der Waals surface area contributed by atoms with Crippen LogP contribution < -0.4 is 5.32 Å². The number of amides is 1. The highest BCUT2D eigenvalue weighted by atomic mass is 16.1. The quantitative estimate of drug-likeness (QED) is 0.822. The van der Waals surface area contributed by atoms with Crippen molar-refractivity contribution >= 4 is 5.91 Å². The number of carbonyl (C=O) groups is 1. The monoisotopic (exact) mass is 260 g/mol. The number of hydrogen-bond donors (Lipinski definition) is 1. The van der Waals surface area contributed by atoms with Gasteiger partial charge in [-0.05, 0) is 44.8 Å². The molecule has 0 spiro atoms. The molecule has 1 unspecified atom stereocenters. The summed E-state index contributed by atoms with van der Waals surface area (Å²) < 4.78 is 0. The Labute approximate surface area is 116 Å². The molecule has 1 saturated heterocycles. The smallest absolute Gasteiger partial charge is 0.224 e. The van der Waals surface area contributed by atoms with Gasteiger partial charge in [-0.1, -0.05) is 30.3 Å². The minimum absolute atomic E-state index is 0.190. The highest BCUT2D eigenvalue weighted by Crippen LogP contribution is 2.14. The third-order valence-corrected chi connectivity index (χ3v) is 3.78. The number of rotatable bonds is 5. The molecule has 1 aliphatic rings. The van der Waals surface area contributed by atoms with Crippen molar-refractivity contribution in [2.75, 3.05) is 26.7 Å². The Hall–Kier alpha value is -1.35. The van der Waals surface area contributed by atoms with Crippen molar-refractivity contribution < 1.29 is 4.79 Å². The summed E-state index contributed by atoms with van der Waals surface area (Å²) in [6.07, 6.45) is 4.22. The van der Waals surface area contributed by atoms with Crippen molar-refractivity contribution in [1.82, 2.24) is 10.2 Å². The van der Waals surface area contributed by atoms with Gasteiger partial charge < -0.3 is 10.2 Å². The van der Waals surface area contributed by atoms with Gasteiger partial charge in [-0.3, -0.25) is 4.79 Å². The Morgan fingerprint density at radius 1 is 1.37 bits per heavy atom. The van der Waals surface area contributed by atoms with Gasteiger partial charge in [-0.15, -0.1) is 0 Å². The molecule has 0 saturated carbocycles. The Morgan fingerprint density at radius 3 is 2.89 bits per heavy atom. The maximum atomic E-state index is 12.0. The average molecular weight is 260 g/mol. The van der Waals surface area contributed by atoms with Crippen molar-refractivity contribution in [3.63, 3.8) is 0 Å². The van der Waals surface area contributed by atoms with Crippen LogP contribution in [0.5, 0.6) is 0 Å². The zero-order valence-corrected chi connectivity index (χ0v) is 11.8. The fourth-order valence-electron chi connectivity index (χ4n) is 2.67. The molecule has 1 amide bonds. The van der Waals surface area contributed by atoms with E-state index in [-0.39, 0.29) is 11.8 Å². The molecule has 19 heavy (non-hydrogen) atoms. The van der Waals surface area contributed by atoms with Crippen LogP contribution in [0.2, 0.25) is 0 Å². The highest BCUT2D eigenvalue weighted by Gasteiger charge is 2.23. The van der Waals surface area contributed by atoms with E-state index in [1.165, 1.54) is 5.56 Å². The van der Waals surface area contributed by atoms with E-state index in [1.54, 1.807) is 0 Å². The van der Waals surface area contributed by atoms with Gasteiger partial charge >= 0.3 is 0 Å². The van der Waals surface area contributed by atoms with Crippen molar-refractivity contribution in [3.05, 3.63) is 35.9 Å². The van der Waals surface area contributed by atoms with E-state index >= 15 is 0 Å². The molecule has 1 aromatic carbocycles. The predicted molar refractivity (Wildman–Crippen MR) is 78.0 cm³/mol. The SMILES string of the molecule is CN1CCCC(C(=O)NCCCc2ccccc2)C1. The Kier molecular flexibility index (Phi) is 5.40. The van der Waals surface area contributed by atoms with E-state index in [9.17, 15) is 4.79 Å². The third-order valence-electron chi connectivity index (χ3n) is 3.78. The fourth-order valence-corrected chi connectivity index (χ4v) is 2.67. The molecular weight excluding hydrogens is 236 g/mol. The molecule has 0 radical (unpaired) electrons. The van der Waals surface area contributed by atoms with Gasteiger partial charge in [-0.2, -0.15) is 0 Å². The number of benzene rings is 1. The molecule has 0 aromatic heterocycles. The van der Waals surface area contributed by atoms with E-state index in [1.807, 2.05) is 6.07 Å². The van der Waals surface area contributed by atoms with Crippen molar-refractivity contribution in [2.45, 2.75) is 25.7 Å². The number of nitrogens with one attached hydrogen (secondary N) is 1. The van der Waals surface area contributed by atoms with Gasteiger partial charge in [0.2, 0.25) is 5.91 Å². The molecule has 3 heteroatoms. The van der Waals surface area contributed by atoms with Gasteiger partial charge in [0.1, 0.15) is 0 Å². The number of likely N-dealkylation sites (tertiary alicyclic amines) is 1. The van der Waals surface area contributed by atoms with Crippen molar-refractivity contribution in [2.24, 2.45) is 5.92 Å². The van der Waals surface area contributed by atoms with Crippen molar-refractivity contribution in [1.29, 1.82) is 0 Å². The molecular formula is C16H24N2O. The Bertz CT molecular complexity index is 391. The normalized spacial score (nSPS) is 20.2. The van der Waals surface area contributed by atoms with Crippen LogP contribution >= 0.6 is 0 Å². The first kappa shape index (κ1) is 14.1. The molecule has 0 bridgehead atoms.